The van der Waals surface area contributed by atoms with Gasteiger partial charge in [0.05, 0.1) is 0 Å². The smallest absolute Gasteiger partial charge is 0.222 e. The van der Waals surface area contributed by atoms with Gasteiger partial charge in [-0.1, -0.05) is 13.8 Å². The Bertz CT molecular complexity index is 203. The monoisotopic (exact) mass is 249 g/mol. The van der Waals surface area contributed by atoms with E-state index in [1.54, 1.807) is 0 Å². The fourth-order valence-corrected chi connectivity index (χ4v) is 1.85. The highest BCUT2D eigenvalue weighted by molar-refractivity contribution is 5.85. The number of piperidine rings is 1. The van der Waals surface area contributed by atoms with Gasteiger partial charge in [0.25, 0.3) is 0 Å². The zero-order valence-electron chi connectivity index (χ0n) is 10.2. The van der Waals surface area contributed by atoms with E-state index >= 15 is 0 Å². The molecule has 1 rings (SSSR count). The Labute approximate surface area is 104 Å². The molecule has 1 amide bonds. The van der Waals surface area contributed by atoms with Crippen LogP contribution in [-0.2, 0) is 4.79 Å². The largest absolute Gasteiger partial charge is 0.353 e. The maximum Gasteiger partial charge on any atom is 0.222 e. The normalized spacial score (nSPS) is 18.2. The molecule has 1 fully saturated rings. The van der Waals surface area contributed by atoms with E-state index in [1.165, 1.54) is 0 Å². The molecule has 0 aromatic rings. The summed E-state index contributed by atoms with van der Waals surface area (Å²) < 4.78 is 0. The van der Waals surface area contributed by atoms with E-state index in [1.807, 2.05) is 13.8 Å². The predicted octanol–water partition coefficient (Wildman–Crippen LogP) is 0.604. The molecule has 5 heteroatoms. The number of likely N-dealkylation sites (tertiary alicyclic amines) is 1. The molecular weight excluding hydrogens is 226 g/mol. The first-order valence-electron chi connectivity index (χ1n) is 5.86. The molecule has 0 saturated carbocycles. The maximum atomic E-state index is 11.5. The van der Waals surface area contributed by atoms with E-state index in [0.717, 1.165) is 39.0 Å². The third kappa shape index (κ3) is 5.14. The summed E-state index contributed by atoms with van der Waals surface area (Å²) in [7, 11) is 0. The molecule has 1 heterocycles. The van der Waals surface area contributed by atoms with Crippen LogP contribution >= 0.6 is 12.4 Å². The van der Waals surface area contributed by atoms with E-state index in [-0.39, 0.29) is 24.2 Å². The van der Waals surface area contributed by atoms with Crippen LogP contribution in [0.25, 0.3) is 0 Å². The standard InChI is InChI=1S/C11H23N3O.ClH/c1-9(2)11(15)13-10-3-6-14(7-4-10)8-5-12;/h9-10H,3-8,12H2,1-2H3,(H,13,15);1H. The number of carbonyl (C=O) groups excluding carboxylic acids is 1. The Hall–Kier alpha value is -0.320. The van der Waals surface area contributed by atoms with Gasteiger partial charge in [-0.25, -0.2) is 0 Å². The van der Waals surface area contributed by atoms with Crippen LogP contribution in [0, 0.1) is 5.92 Å². The summed E-state index contributed by atoms with van der Waals surface area (Å²) in [5.41, 5.74) is 5.50. The van der Waals surface area contributed by atoms with Crippen molar-refractivity contribution in [2.75, 3.05) is 26.2 Å². The first kappa shape index (κ1) is 15.7. The molecule has 1 aliphatic rings. The molecule has 0 bridgehead atoms. The highest BCUT2D eigenvalue weighted by Gasteiger charge is 2.20. The van der Waals surface area contributed by atoms with Gasteiger partial charge in [0.2, 0.25) is 5.91 Å². The molecule has 96 valence electrons. The molecule has 1 saturated heterocycles. The molecule has 0 atom stereocenters. The second kappa shape index (κ2) is 7.87. The van der Waals surface area contributed by atoms with Gasteiger partial charge in [-0.2, -0.15) is 0 Å². The van der Waals surface area contributed by atoms with Crippen molar-refractivity contribution in [1.82, 2.24) is 10.2 Å². The zero-order valence-corrected chi connectivity index (χ0v) is 11.1. The number of amides is 1. The molecule has 0 aromatic heterocycles. The topological polar surface area (TPSA) is 58.4 Å². The summed E-state index contributed by atoms with van der Waals surface area (Å²) in [6, 6.07) is 0.369. The van der Waals surface area contributed by atoms with Crippen molar-refractivity contribution >= 4 is 18.3 Å². The summed E-state index contributed by atoms with van der Waals surface area (Å²) in [6.45, 7) is 7.67. The van der Waals surface area contributed by atoms with E-state index < -0.39 is 0 Å². The molecule has 4 nitrogen and oxygen atoms in total. The van der Waals surface area contributed by atoms with Crippen molar-refractivity contribution in [1.29, 1.82) is 0 Å². The van der Waals surface area contributed by atoms with Crippen LogP contribution in [-0.4, -0.2) is 43.0 Å². The zero-order chi connectivity index (χ0) is 11.3. The van der Waals surface area contributed by atoms with Crippen LogP contribution in [0.3, 0.4) is 0 Å². The van der Waals surface area contributed by atoms with Crippen LogP contribution in [0.2, 0.25) is 0 Å². The van der Waals surface area contributed by atoms with Crippen LogP contribution in [0.4, 0.5) is 0 Å². The van der Waals surface area contributed by atoms with Crippen LogP contribution < -0.4 is 11.1 Å². The number of carbonyl (C=O) groups is 1. The summed E-state index contributed by atoms with van der Waals surface area (Å²) >= 11 is 0. The van der Waals surface area contributed by atoms with Gasteiger partial charge >= 0.3 is 0 Å². The third-order valence-corrected chi connectivity index (χ3v) is 2.90. The first-order valence-corrected chi connectivity index (χ1v) is 5.86. The molecule has 0 aromatic carbocycles. The quantitative estimate of drug-likeness (QED) is 0.767. The third-order valence-electron chi connectivity index (χ3n) is 2.90. The summed E-state index contributed by atoms with van der Waals surface area (Å²) in [5.74, 6) is 0.263. The number of nitrogens with zero attached hydrogens (tertiary/aromatic N) is 1. The number of nitrogens with one attached hydrogen (secondary N) is 1. The van der Waals surface area contributed by atoms with Crippen molar-refractivity contribution in [3.63, 3.8) is 0 Å². The van der Waals surface area contributed by atoms with Crippen LogP contribution in [0.1, 0.15) is 26.7 Å². The second-order valence-corrected chi connectivity index (χ2v) is 4.57. The van der Waals surface area contributed by atoms with Crippen molar-refractivity contribution in [3.8, 4) is 0 Å². The number of hydrogen-bond donors (Lipinski definition) is 2. The molecule has 0 unspecified atom stereocenters. The number of hydrogen-bond acceptors (Lipinski definition) is 3. The molecule has 0 aliphatic carbocycles. The lowest BCUT2D eigenvalue weighted by Gasteiger charge is -2.32. The van der Waals surface area contributed by atoms with Gasteiger partial charge in [-0.15, -0.1) is 12.4 Å². The van der Waals surface area contributed by atoms with Gasteiger partial charge in [-0.05, 0) is 12.8 Å². The fourth-order valence-electron chi connectivity index (χ4n) is 1.85. The average molecular weight is 250 g/mol. The highest BCUT2D eigenvalue weighted by atomic mass is 35.5. The van der Waals surface area contributed by atoms with Gasteiger partial charge < -0.3 is 16.0 Å². The first-order chi connectivity index (χ1) is 7.13. The Morgan fingerprint density at radius 3 is 2.44 bits per heavy atom. The summed E-state index contributed by atoms with van der Waals surface area (Å²) in [6.07, 6.45) is 2.11. The minimum atomic E-state index is 0. The maximum absolute atomic E-state index is 11.5. The minimum Gasteiger partial charge on any atom is -0.353 e. The number of nitrogens with two attached hydrogens (primary N) is 1. The Balaban J connectivity index is 0.00000225. The van der Waals surface area contributed by atoms with E-state index in [0.29, 0.717) is 6.04 Å². The van der Waals surface area contributed by atoms with Crippen molar-refractivity contribution in [2.45, 2.75) is 32.7 Å². The average Bonchev–Trinajstić information content (AvgIpc) is 2.21. The van der Waals surface area contributed by atoms with E-state index in [9.17, 15) is 4.79 Å². The number of rotatable bonds is 4. The molecule has 1 aliphatic heterocycles. The lowest BCUT2D eigenvalue weighted by Crippen LogP contribution is -2.46. The van der Waals surface area contributed by atoms with E-state index in [4.69, 9.17) is 5.73 Å². The minimum absolute atomic E-state index is 0. The van der Waals surface area contributed by atoms with E-state index in [2.05, 4.69) is 10.2 Å². The van der Waals surface area contributed by atoms with Crippen LogP contribution in [0.15, 0.2) is 0 Å². The van der Waals surface area contributed by atoms with Gasteiger partial charge in [0.15, 0.2) is 0 Å². The van der Waals surface area contributed by atoms with Gasteiger partial charge in [0.1, 0.15) is 0 Å². The van der Waals surface area contributed by atoms with Gasteiger partial charge in [0, 0.05) is 38.1 Å². The summed E-state index contributed by atoms with van der Waals surface area (Å²) in [4.78, 5) is 13.8. The molecular formula is C11H24ClN3O. The lowest BCUT2D eigenvalue weighted by atomic mass is 10.0. The van der Waals surface area contributed by atoms with Crippen molar-refractivity contribution in [2.24, 2.45) is 11.7 Å². The Kier molecular flexibility index (Phi) is 7.72. The predicted molar refractivity (Wildman–Crippen MR) is 68.7 cm³/mol. The molecule has 3 N–H and O–H groups in total. The molecule has 0 radical (unpaired) electrons. The molecule has 16 heavy (non-hydrogen) atoms. The molecule has 0 spiro atoms. The van der Waals surface area contributed by atoms with Crippen molar-refractivity contribution < 1.29 is 4.79 Å². The Morgan fingerprint density at radius 1 is 1.44 bits per heavy atom. The SMILES string of the molecule is CC(C)C(=O)NC1CCN(CCN)CC1.Cl. The second-order valence-electron chi connectivity index (χ2n) is 4.57. The summed E-state index contributed by atoms with van der Waals surface area (Å²) in [5, 5.41) is 3.08. The lowest BCUT2D eigenvalue weighted by molar-refractivity contribution is -0.125. The number of halogens is 1. The highest BCUT2D eigenvalue weighted by Crippen LogP contribution is 2.10. The van der Waals surface area contributed by atoms with Crippen LogP contribution in [0.5, 0.6) is 0 Å². The van der Waals surface area contributed by atoms with Crippen molar-refractivity contribution in [3.05, 3.63) is 0 Å². The fraction of sp³-hybridized carbons (Fsp3) is 0.909. The van der Waals surface area contributed by atoms with Gasteiger partial charge in [-0.3, -0.25) is 4.79 Å². The Morgan fingerprint density at radius 2 is 2.00 bits per heavy atom.